The highest BCUT2D eigenvalue weighted by atomic mass is 35.5. The van der Waals surface area contributed by atoms with Crippen LogP contribution in [0.15, 0.2) is 90.1 Å². The molecule has 1 aromatic heterocycles. The first kappa shape index (κ1) is 47.5. The molecule has 0 spiro atoms. The first-order valence-corrected chi connectivity index (χ1v) is 22.2. The lowest BCUT2D eigenvalue weighted by atomic mass is 9.95. The number of fused-ring (bicyclic) bond motifs is 4. The van der Waals surface area contributed by atoms with Gasteiger partial charge in [0.1, 0.15) is 24.3 Å². The molecule has 4 heterocycles. The Kier molecular flexibility index (Phi) is 15.5. The van der Waals surface area contributed by atoms with E-state index in [1.165, 1.54) is 23.1 Å². The SMILES string of the molecule is O=C1CCC(N2Cc3c(NC(=O)COCCOCCOCCNCCNC(=O)c4ccc(Nc5ncc6c(n5)-c5ccc(Cl)cc5C(c5c(F)cccc5F)=NC6)cc4)cccc3C2=O)C(=O)N1. The van der Waals surface area contributed by atoms with Crippen LogP contribution < -0.4 is 26.6 Å². The number of hydrogen-bond donors (Lipinski definition) is 5. The van der Waals surface area contributed by atoms with Crippen molar-refractivity contribution in [2.45, 2.75) is 32.0 Å². The summed E-state index contributed by atoms with van der Waals surface area (Å²) in [5.41, 5.74) is 4.66. The minimum Gasteiger partial charge on any atom is -0.378 e. The molecule has 0 saturated carbocycles. The number of amides is 5. The van der Waals surface area contributed by atoms with Crippen LogP contribution in [0, 0.1) is 11.6 Å². The number of carbonyl (C=O) groups excluding carboxylic acids is 5. The normalized spacial score (nSPS) is 15.2. The molecule has 1 atom stereocenters. The molecule has 1 saturated heterocycles. The summed E-state index contributed by atoms with van der Waals surface area (Å²) >= 11 is 6.34. The Balaban J connectivity index is 0.678. The van der Waals surface area contributed by atoms with Crippen LogP contribution in [-0.2, 0) is 41.7 Å². The van der Waals surface area contributed by atoms with Crippen molar-refractivity contribution in [2.24, 2.45) is 4.99 Å². The third-order valence-corrected chi connectivity index (χ3v) is 11.4. The molecule has 3 aliphatic heterocycles. The van der Waals surface area contributed by atoms with Gasteiger partial charge in [-0.05, 0) is 67.1 Å². The molecule has 8 rings (SSSR count). The van der Waals surface area contributed by atoms with Crippen LogP contribution in [-0.4, -0.2) is 115 Å². The van der Waals surface area contributed by atoms with Gasteiger partial charge in [-0.15, -0.1) is 0 Å². The second-order valence-electron chi connectivity index (χ2n) is 15.8. The van der Waals surface area contributed by atoms with Crippen molar-refractivity contribution in [3.05, 3.63) is 135 Å². The van der Waals surface area contributed by atoms with Crippen molar-refractivity contribution in [1.82, 2.24) is 30.8 Å². The third kappa shape index (κ3) is 11.4. The number of imide groups is 1. The number of benzene rings is 4. The van der Waals surface area contributed by atoms with Crippen molar-refractivity contribution >= 4 is 64.2 Å². The summed E-state index contributed by atoms with van der Waals surface area (Å²) in [7, 11) is 0. The van der Waals surface area contributed by atoms with Gasteiger partial charge in [0.25, 0.3) is 11.8 Å². The molecule has 1 unspecified atom stereocenters. The summed E-state index contributed by atoms with van der Waals surface area (Å²) in [6.07, 6.45) is 2.01. The first-order valence-electron chi connectivity index (χ1n) is 21.8. The molecular formula is C48H46ClF2N9O8. The maximum Gasteiger partial charge on any atom is 0.255 e. The Labute approximate surface area is 394 Å². The van der Waals surface area contributed by atoms with Crippen molar-refractivity contribution < 1.29 is 47.0 Å². The van der Waals surface area contributed by atoms with E-state index in [0.717, 1.165) is 0 Å². The molecule has 3 aliphatic rings. The lowest BCUT2D eigenvalue weighted by Gasteiger charge is -2.29. The van der Waals surface area contributed by atoms with Crippen LogP contribution in [0.2, 0.25) is 5.02 Å². The first-order chi connectivity index (χ1) is 33.0. The Morgan fingerprint density at radius 1 is 0.838 bits per heavy atom. The molecule has 17 nitrogen and oxygen atoms in total. The molecule has 5 aromatic rings. The molecule has 20 heteroatoms. The Bertz CT molecular complexity index is 2740. The van der Waals surface area contributed by atoms with Gasteiger partial charge in [-0.3, -0.25) is 34.3 Å². The Morgan fingerprint density at radius 3 is 2.37 bits per heavy atom. The van der Waals surface area contributed by atoms with E-state index in [4.69, 9.17) is 30.8 Å². The van der Waals surface area contributed by atoms with Gasteiger partial charge in [0.15, 0.2) is 0 Å². The number of piperidine rings is 1. The number of aromatic nitrogens is 2. The summed E-state index contributed by atoms with van der Waals surface area (Å²) in [5, 5.41) is 14.7. The van der Waals surface area contributed by atoms with Gasteiger partial charge in [0.05, 0.1) is 56.5 Å². The van der Waals surface area contributed by atoms with Gasteiger partial charge in [-0.2, -0.15) is 0 Å². The van der Waals surface area contributed by atoms with Crippen molar-refractivity contribution in [1.29, 1.82) is 0 Å². The second-order valence-corrected chi connectivity index (χ2v) is 16.2. The molecule has 0 bridgehead atoms. The van der Waals surface area contributed by atoms with E-state index >= 15 is 0 Å². The zero-order chi connectivity index (χ0) is 47.6. The molecule has 5 amide bonds. The summed E-state index contributed by atoms with van der Waals surface area (Å²) in [6.45, 7) is 3.02. The predicted octanol–water partition coefficient (Wildman–Crippen LogP) is 4.94. The second kappa shape index (κ2) is 22.2. The van der Waals surface area contributed by atoms with Crippen LogP contribution in [0.4, 0.5) is 26.1 Å². The highest BCUT2D eigenvalue weighted by molar-refractivity contribution is 6.31. The third-order valence-electron chi connectivity index (χ3n) is 11.2. The summed E-state index contributed by atoms with van der Waals surface area (Å²) in [5.74, 6) is -3.05. The van der Waals surface area contributed by atoms with Gasteiger partial charge in [0, 0.05) is 88.6 Å². The van der Waals surface area contributed by atoms with Crippen molar-refractivity contribution in [3.8, 4) is 11.3 Å². The van der Waals surface area contributed by atoms with E-state index in [9.17, 15) is 32.8 Å². The van der Waals surface area contributed by atoms with Crippen LogP contribution in [0.3, 0.4) is 0 Å². The quantitative estimate of drug-likeness (QED) is 0.0519. The van der Waals surface area contributed by atoms with Crippen LogP contribution in [0.25, 0.3) is 11.3 Å². The average Bonchev–Trinajstić information content (AvgIpc) is 3.58. The van der Waals surface area contributed by atoms with E-state index < -0.39 is 29.5 Å². The fourth-order valence-corrected chi connectivity index (χ4v) is 8.06. The van der Waals surface area contributed by atoms with Crippen LogP contribution in [0.1, 0.15) is 55.8 Å². The highest BCUT2D eigenvalue weighted by Gasteiger charge is 2.40. The number of nitrogens with zero attached hydrogens (tertiary/aromatic N) is 4. The number of carbonyl (C=O) groups is 5. The zero-order valence-corrected chi connectivity index (χ0v) is 37.3. The smallest absolute Gasteiger partial charge is 0.255 e. The number of hydrogen-bond acceptors (Lipinski definition) is 13. The van der Waals surface area contributed by atoms with E-state index in [2.05, 4.69) is 36.6 Å². The fourth-order valence-electron chi connectivity index (χ4n) is 7.89. The number of ether oxygens (including phenoxy) is 3. The largest absolute Gasteiger partial charge is 0.378 e. The molecular weight excluding hydrogens is 904 g/mol. The van der Waals surface area contributed by atoms with E-state index in [0.29, 0.717) is 94.9 Å². The summed E-state index contributed by atoms with van der Waals surface area (Å²) in [4.78, 5) is 77.5. The monoisotopic (exact) mass is 949 g/mol. The standard InChI is InChI=1S/C48H46ClF2N9O8/c49-30-9-12-32-34(23-30)44(42-36(50)4-2-5-37(42)51)54-24-29-25-55-48(59-43(29)32)56-31-10-7-28(8-11-31)45(63)53-16-15-52-17-18-66-19-20-67-21-22-68-27-41(62)57-38-6-1-3-33-35(38)26-60(47(33)65)39-13-14-40(61)58-46(39)64/h1-12,23,25,39,52H,13-22,24,26-27H2,(H,53,63)(H,57,62)(H,55,56,59)(H,58,61,64). The van der Waals surface area contributed by atoms with Gasteiger partial charge in [-0.25, -0.2) is 18.7 Å². The van der Waals surface area contributed by atoms with E-state index in [1.807, 2.05) is 0 Å². The minimum atomic E-state index is -0.751. The van der Waals surface area contributed by atoms with Gasteiger partial charge in [-0.1, -0.05) is 29.8 Å². The minimum absolute atomic E-state index is 0.0876. The van der Waals surface area contributed by atoms with Crippen LogP contribution in [0.5, 0.6) is 0 Å². The predicted molar refractivity (Wildman–Crippen MR) is 247 cm³/mol. The average molecular weight is 950 g/mol. The van der Waals surface area contributed by atoms with Gasteiger partial charge in [0.2, 0.25) is 23.7 Å². The maximum absolute atomic E-state index is 14.9. The zero-order valence-electron chi connectivity index (χ0n) is 36.5. The van der Waals surface area contributed by atoms with Crippen LogP contribution >= 0.6 is 11.6 Å². The lowest BCUT2D eigenvalue weighted by Crippen LogP contribution is -2.52. The van der Waals surface area contributed by atoms with Crippen molar-refractivity contribution in [3.63, 3.8) is 0 Å². The Hall–Kier alpha value is -7.03. The molecule has 0 aliphatic carbocycles. The van der Waals surface area contributed by atoms with Crippen molar-refractivity contribution in [2.75, 3.05) is 69.9 Å². The summed E-state index contributed by atoms with van der Waals surface area (Å²) < 4.78 is 46.4. The summed E-state index contributed by atoms with van der Waals surface area (Å²) in [6, 6.07) is 19.7. The molecule has 4 aromatic carbocycles. The topological polar surface area (TPSA) is 215 Å². The van der Waals surface area contributed by atoms with E-state index in [-0.39, 0.29) is 80.7 Å². The van der Waals surface area contributed by atoms with Gasteiger partial charge < -0.3 is 40.4 Å². The molecule has 0 radical (unpaired) electrons. The number of anilines is 3. The Morgan fingerprint density at radius 2 is 1.59 bits per heavy atom. The number of aliphatic imine (C=N–C) groups is 1. The fraction of sp³-hybridized carbons (Fsp3) is 0.292. The number of rotatable bonds is 20. The number of nitrogens with one attached hydrogen (secondary N) is 5. The lowest BCUT2D eigenvalue weighted by molar-refractivity contribution is -0.137. The highest BCUT2D eigenvalue weighted by Crippen LogP contribution is 2.35. The molecule has 5 N–H and O–H groups in total. The molecule has 68 heavy (non-hydrogen) atoms. The number of halogens is 3. The maximum atomic E-state index is 14.9. The van der Waals surface area contributed by atoms with Gasteiger partial charge >= 0.3 is 0 Å². The van der Waals surface area contributed by atoms with E-state index in [1.54, 1.807) is 66.9 Å². The molecule has 352 valence electrons. The molecule has 1 fully saturated rings.